The van der Waals surface area contributed by atoms with E-state index in [2.05, 4.69) is 21.0 Å². The van der Waals surface area contributed by atoms with E-state index in [1.165, 1.54) is 0 Å². The molecule has 0 spiro atoms. The Balaban J connectivity index is 1.97. The van der Waals surface area contributed by atoms with Crippen molar-refractivity contribution < 1.29 is 14.3 Å². The van der Waals surface area contributed by atoms with Crippen molar-refractivity contribution in [3.05, 3.63) is 70.3 Å². The van der Waals surface area contributed by atoms with Gasteiger partial charge in [-0.25, -0.2) is 4.79 Å². The first-order valence-corrected chi connectivity index (χ1v) is 9.04. The smallest absolute Gasteiger partial charge is 0.358 e. The second kappa shape index (κ2) is 8.19. The summed E-state index contributed by atoms with van der Waals surface area (Å²) in [6, 6.07) is 17.4. The van der Waals surface area contributed by atoms with E-state index in [-0.39, 0.29) is 0 Å². The molecule has 0 aliphatic heterocycles. The zero-order valence-electron chi connectivity index (χ0n) is 14.6. The lowest BCUT2D eigenvalue weighted by atomic mass is 10.1. The maximum absolute atomic E-state index is 12.1. The van der Waals surface area contributed by atoms with Crippen LogP contribution < -0.4 is 4.74 Å². The molecule has 0 atom stereocenters. The Kier molecular flexibility index (Phi) is 5.73. The molecule has 1 aromatic heterocycles. The topological polar surface area (TPSA) is 53.4 Å². The molecule has 0 aliphatic rings. The van der Waals surface area contributed by atoms with Crippen molar-refractivity contribution in [3.8, 4) is 17.0 Å². The number of ether oxygens (including phenoxy) is 2. The highest BCUT2D eigenvalue weighted by Gasteiger charge is 2.17. The van der Waals surface area contributed by atoms with Gasteiger partial charge in [0.15, 0.2) is 5.69 Å². The number of aromatic nitrogens is 2. The highest BCUT2D eigenvalue weighted by molar-refractivity contribution is 9.10. The van der Waals surface area contributed by atoms with Gasteiger partial charge in [-0.2, -0.15) is 5.10 Å². The Bertz CT molecular complexity index is 886. The summed E-state index contributed by atoms with van der Waals surface area (Å²) in [5.41, 5.74) is 3.20. The average Bonchev–Trinajstić information content (AvgIpc) is 3.07. The first kappa shape index (κ1) is 18.2. The van der Waals surface area contributed by atoms with E-state index in [0.717, 1.165) is 27.0 Å². The summed E-state index contributed by atoms with van der Waals surface area (Å²) in [7, 11) is 1.64. The molecule has 0 radical (unpaired) electrons. The summed E-state index contributed by atoms with van der Waals surface area (Å²) >= 11 is 3.44. The van der Waals surface area contributed by atoms with Crippen LogP contribution in [0.25, 0.3) is 11.3 Å². The standard InChI is InChI=1S/C20H19BrN2O3/c1-3-26-20(24)18-12-19(15-6-8-16(21)9-7-15)23(22-18)13-14-4-10-17(25-2)11-5-14/h4-12H,3,13H2,1-2H3. The van der Waals surface area contributed by atoms with Crippen LogP contribution in [-0.4, -0.2) is 29.5 Å². The lowest BCUT2D eigenvalue weighted by Crippen LogP contribution is -2.08. The summed E-state index contributed by atoms with van der Waals surface area (Å²) < 4.78 is 13.1. The van der Waals surface area contributed by atoms with Crippen LogP contribution in [0, 0.1) is 0 Å². The van der Waals surface area contributed by atoms with Crippen molar-refractivity contribution in [2.45, 2.75) is 13.5 Å². The van der Waals surface area contributed by atoms with Gasteiger partial charge < -0.3 is 9.47 Å². The zero-order valence-corrected chi connectivity index (χ0v) is 16.2. The third-order valence-electron chi connectivity index (χ3n) is 3.90. The Hall–Kier alpha value is -2.60. The molecule has 0 saturated heterocycles. The lowest BCUT2D eigenvalue weighted by molar-refractivity contribution is 0.0518. The quantitative estimate of drug-likeness (QED) is 0.555. The van der Waals surface area contributed by atoms with Gasteiger partial charge in [0.1, 0.15) is 5.75 Å². The number of halogens is 1. The molecule has 3 rings (SSSR count). The van der Waals surface area contributed by atoms with E-state index in [4.69, 9.17) is 9.47 Å². The van der Waals surface area contributed by atoms with E-state index in [1.807, 2.05) is 53.2 Å². The number of carbonyl (C=O) groups excluding carboxylic acids is 1. The van der Waals surface area contributed by atoms with Gasteiger partial charge in [0.25, 0.3) is 0 Å². The SMILES string of the molecule is CCOC(=O)c1cc(-c2ccc(Br)cc2)n(Cc2ccc(OC)cc2)n1. The summed E-state index contributed by atoms with van der Waals surface area (Å²) in [4.78, 5) is 12.1. The minimum atomic E-state index is -0.417. The molecule has 0 aliphatic carbocycles. The van der Waals surface area contributed by atoms with E-state index < -0.39 is 5.97 Å². The van der Waals surface area contributed by atoms with E-state index >= 15 is 0 Å². The van der Waals surface area contributed by atoms with Crippen LogP contribution in [0.5, 0.6) is 5.75 Å². The lowest BCUT2D eigenvalue weighted by Gasteiger charge is -2.09. The van der Waals surface area contributed by atoms with Gasteiger partial charge in [0.2, 0.25) is 0 Å². The van der Waals surface area contributed by atoms with Gasteiger partial charge in [-0.15, -0.1) is 0 Å². The molecule has 0 amide bonds. The van der Waals surface area contributed by atoms with Crippen molar-refractivity contribution in [1.82, 2.24) is 9.78 Å². The molecular weight excluding hydrogens is 396 g/mol. The molecule has 26 heavy (non-hydrogen) atoms. The number of carbonyl (C=O) groups is 1. The first-order valence-electron chi connectivity index (χ1n) is 8.24. The number of methoxy groups -OCH3 is 1. The van der Waals surface area contributed by atoms with Crippen molar-refractivity contribution in [3.63, 3.8) is 0 Å². The predicted octanol–water partition coefficient (Wildman–Crippen LogP) is 4.55. The number of nitrogens with zero attached hydrogens (tertiary/aromatic N) is 2. The average molecular weight is 415 g/mol. The molecule has 0 fully saturated rings. The van der Waals surface area contributed by atoms with Crippen LogP contribution in [0.1, 0.15) is 23.0 Å². The highest BCUT2D eigenvalue weighted by Crippen LogP contribution is 2.24. The fourth-order valence-electron chi connectivity index (χ4n) is 2.60. The van der Waals surface area contributed by atoms with Crippen LogP contribution in [0.3, 0.4) is 0 Å². The second-order valence-electron chi connectivity index (χ2n) is 5.65. The second-order valence-corrected chi connectivity index (χ2v) is 6.56. The third-order valence-corrected chi connectivity index (χ3v) is 4.42. The van der Waals surface area contributed by atoms with Crippen LogP contribution in [0.15, 0.2) is 59.1 Å². The number of hydrogen-bond donors (Lipinski definition) is 0. The van der Waals surface area contributed by atoms with Gasteiger partial charge in [0, 0.05) is 4.47 Å². The Morgan fingerprint density at radius 3 is 2.42 bits per heavy atom. The highest BCUT2D eigenvalue weighted by atomic mass is 79.9. The van der Waals surface area contributed by atoms with Crippen LogP contribution >= 0.6 is 15.9 Å². The van der Waals surface area contributed by atoms with Gasteiger partial charge in [0.05, 0.1) is 26.0 Å². The molecular formula is C20H19BrN2O3. The van der Waals surface area contributed by atoms with Gasteiger partial charge in [-0.3, -0.25) is 4.68 Å². The molecule has 0 saturated carbocycles. The molecule has 5 nitrogen and oxygen atoms in total. The summed E-state index contributed by atoms with van der Waals surface area (Å²) in [6.07, 6.45) is 0. The molecule has 2 aromatic carbocycles. The fraction of sp³-hybridized carbons (Fsp3) is 0.200. The molecule has 0 unspecified atom stereocenters. The summed E-state index contributed by atoms with van der Waals surface area (Å²) in [5, 5.41) is 4.46. The minimum absolute atomic E-state index is 0.304. The van der Waals surface area contributed by atoms with Crippen LogP contribution in [-0.2, 0) is 11.3 Å². The van der Waals surface area contributed by atoms with Gasteiger partial charge in [-0.05, 0) is 48.4 Å². The number of benzene rings is 2. The molecule has 0 N–H and O–H groups in total. The number of rotatable bonds is 6. The first-order chi connectivity index (χ1) is 12.6. The zero-order chi connectivity index (χ0) is 18.5. The van der Waals surface area contributed by atoms with Gasteiger partial charge >= 0.3 is 5.97 Å². The maximum Gasteiger partial charge on any atom is 0.358 e. The maximum atomic E-state index is 12.1. The normalized spacial score (nSPS) is 10.6. The molecule has 3 aromatic rings. The van der Waals surface area contributed by atoms with E-state index in [9.17, 15) is 4.79 Å². The molecule has 6 heteroatoms. The molecule has 1 heterocycles. The van der Waals surface area contributed by atoms with Crippen molar-refractivity contribution in [2.75, 3.05) is 13.7 Å². The molecule has 0 bridgehead atoms. The van der Waals surface area contributed by atoms with Crippen LogP contribution in [0.4, 0.5) is 0 Å². The molecule has 134 valence electrons. The van der Waals surface area contributed by atoms with Crippen molar-refractivity contribution in [1.29, 1.82) is 0 Å². The van der Waals surface area contributed by atoms with E-state index in [1.54, 1.807) is 20.1 Å². The minimum Gasteiger partial charge on any atom is -0.497 e. The number of hydrogen-bond acceptors (Lipinski definition) is 4. The van der Waals surface area contributed by atoms with Crippen molar-refractivity contribution >= 4 is 21.9 Å². The number of esters is 1. The fourth-order valence-corrected chi connectivity index (χ4v) is 2.86. The monoisotopic (exact) mass is 414 g/mol. The Labute approximate surface area is 160 Å². The van der Waals surface area contributed by atoms with E-state index in [0.29, 0.717) is 18.8 Å². The summed E-state index contributed by atoms with van der Waals surface area (Å²) in [6.45, 7) is 2.63. The largest absolute Gasteiger partial charge is 0.497 e. The Morgan fingerprint density at radius 2 is 1.81 bits per heavy atom. The third kappa shape index (κ3) is 4.14. The predicted molar refractivity (Wildman–Crippen MR) is 103 cm³/mol. The summed E-state index contributed by atoms with van der Waals surface area (Å²) in [5.74, 6) is 0.383. The van der Waals surface area contributed by atoms with Crippen molar-refractivity contribution in [2.24, 2.45) is 0 Å². The Morgan fingerprint density at radius 1 is 1.12 bits per heavy atom. The van der Waals surface area contributed by atoms with Gasteiger partial charge in [-0.1, -0.05) is 40.2 Å². The van der Waals surface area contributed by atoms with Crippen LogP contribution in [0.2, 0.25) is 0 Å².